The second-order valence-electron chi connectivity index (χ2n) is 20.9. The van der Waals surface area contributed by atoms with Crippen molar-refractivity contribution in [3.05, 3.63) is 0 Å². The van der Waals surface area contributed by atoms with Crippen molar-refractivity contribution in [1.82, 2.24) is 0 Å². The van der Waals surface area contributed by atoms with Gasteiger partial charge in [0, 0.05) is 19.3 Å². The normalized spacial score (nSPS) is 12.0. The van der Waals surface area contributed by atoms with Crippen molar-refractivity contribution in [3.63, 3.8) is 0 Å². The minimum Gasteiger partial charge on any atom is -0.462 e. The summed E-state index contributed by atoms with van der Waals surface area (Å²) in [5.74, 6) is 0.818. The average Bonchev–Trinajstić information content (AvgIpc) is 3.27. The second kappa shape index (κ2) is 50.8. The SMILES string of the molecule is CCCCCCCCCCCCCCCCCCCC(=O)OC[C@H](COC(=O)CCCCCCCCCCCCCCC(C)C)OC(=O)CCCCCCCCCCCCCC(C)C. The average molecular weight is 906 g/mol. The van der Waals surface area contributed by atoms with Crippen LogP contribution in [0.3, 0.4) is 0 Å². The van der Waals surface area contributed by atoms with Crippen molar-refractivity contribution < 1.29 is 28.6 Å². The number of unbranched alkanes of at least 4 members (excludes halogenated alkanes) is 37. The summed E-state index contributed by atoms with van der Waals surface area (Å²) in [4.78, 5) is 38.1. The quantitative estimate of drug-likeness (QED) is 0.0344. The number of carbonyl (C=O) groups excluding carboxylic acids is 3. The van der Waals surface area contributed by atoms with Crippen LogP contribution in [0, 0.1) is 11.8 Å². The minimum absolute atomic E-state index is 0.0628. The lowest BCUT2D eigenvalue weighted by Crippen LogP contribution is -2.30. The van der Waals surface area contributed by atoms with Gasteiger partial charge in [0.1, 0.15) is 13.2 Å². The number of hydrogen-bond donors (Lipinski definition) is 0. The van der Waals surface area contributed by atoms with Crippen molar-refractivity contribution in [2.75, 3.05) is 13.2 Å². The van der Waals surface area contributed by atoms with Gasteiger partial charge in [-0.05, 0) is 31.1 Å². The van der Waals surface area contributed by atoms with E-state index in [0.717, 1.165) is 69.6 Å². The van der Waals surface area contributed by atoms with Crippen LogP contribution in [0.15, 0.2) is 0 Å². The van der Waals surface area contributed by atoms with Gasteiger partial charge in [-0.1, -0.05) is 285 Å². The summed E-state index contributed by atoms with van der Waals surface area (Å²) in [5.41, 5.74) is 0. The van der Waals surface area contributed by atoms with Crippen LogP contribution in [0.4, 0.5) is 0 Å². The first-order valence-corrected chi connectivity index (χ1v) is 28.7. The smallest absolute Gasteiger partial charge is 0.306 e. The molecule has 380 valence electrons. The van der Waals surface area contributed by atoms with Gasteiger partial charge in [-0.25, -0.2) is 0 Å². The van der Waals surface area contributed by atoms with Gasteiger partial charge in [0.15, 0.2) is 6.10 Å². The monoisotopic (exact) mass is 905 g/mol. The van der Waals surface area contributed by atoms with E-state index in [-0.39, 0.29) is 31.1 Å². The molecule has 0 bridgehead atoms. The Kier molecular flexibility index (Phi) is 49.6. The van der Waals surface area contributed by atoms with Crippen LogP contribution in [0.5, 0.6) is 0 Å². The number of esters is 3. The van der Waals surface area contributed by atoms with E-state index in [9.17, 15) is 14.4 Å². The Bertz CT molecular complexity index is 978. The molecule has 0 spiro atoms. The lowest BCUT2D eigenvalue weighted by Gasteiger charge is -2.18. The van der Waals surface area contributed by atoms with E-state index in [4.69, 9.17) is 14.2 Å². The Hall–Kier alpha value is -1.59. The zero-order chi connectivity index (χ0) is 46.8. The highest BCUT2D eigenvalue weighted by molar-refractivity contribution is 5.71. The van der Waals surface area contributed by atoms with Gasteiger partial charge in [0.25, 0.3) is 0 Å². The molecule has 0 radical (unpaired) electrons. The molecule has 0 rings (SSSR count). The maximum Gasteiger partial charge on any atom is 0.306 e. The van der Waals surface area contributed by atoms with Crippen LogP contribution in [-0.4, -0.2) is 37.2 Å². The Balaban J connectivity index is 4.30. The highest BCUT2D eigenvalue weighted by Crippen LogP contribution is 2.18. The van der Waals surface area contributed by atoms with Gasteiger partial charge in [-0.3, -0.25) is 14.4 Å². The molecule has 0 unspecified atom stereocenters. The predicted molar refractivity (Wildman–Crippen MR) is 275 cm³/mol. The Morgan fingerprint density at radius 2 is 0.516 bits per heavy atom. The topological polar surface area (TPSA) is 78.9 Å². The Morgan fingerprint density at radius 3 is 0.766 bits per heavy atom. The molecule has 0 fully saturated rings. The van der Waals surface area contributed by atoms with E-state index in [1.807, 2.05) is 0 Å². The molecule has 0 heterocycles. The molecule has 6 heteroatoms. The Morgan fingerprint density at radius 1 is 0.297 bits per heavy atom. The zero-order valence-electron chi connectivity index (χ0n) is 43.9. The van der Waals surface area contributed by atoms with Gasteiger partial charge >= 0.3 is 17.9 Å². The van der Waals surface area contributed by atoms with E-state index in [0.29, 0.717) is 19.3 Å². The summed E-state index contributed by atoms with van der Waals surface area (Å²) in [5, 5.41) is 0. The summed E-state index contributed by atoms with van der Waals surface area (Å²) in [6, 6.07) is 0. The zero-order valence-corrected chi connectivity index (χ0v) is 43.9. The number of rotatable bonds is 52. The first-order chi connectivity index (χ1) is 31.2. The second-order valence-corrected chi connectivity index (χ2v) is 20.9. The van der Waals surface area contributed by atoms with Crippen molar-refractivity contribution >= 4 is 17.9 Å². The minimum atomic E-state index is -0.763. The molecular formula is C58H112O6. The summed E-state index contributed by atoms with van der Waals surface area (Å²) < 4.78 is 16.9. The molecule has 0 aromatic heterocycles. The maximum atomic E-state index is 12.8. The van der Waals surface area contributed by atoms with Gasteiger partial charge in [-0.2, -0.15) is 0 Å². The van der Waals surface area contributed by atoms with Crippen molar-refractivity contribution in [2.45, 2.75) is 330 Å². The van der Waals surface area contributed by atoms with E-state index in [1.165, 1.54) is 212 Å². The third kappa shape index (κ3) is 51.4. The standard InChI is InChI=1S/C58H112O6/c1-6-7-8-9-10-11-12-13-14-15-16-17-23-28-33-38-43-48-56(59)62-51-55(64-58(61)50-45-40-35-30-25-20-22-27-32-37-42-47-54(4)5)52-63-57(60)49-44-39-34-29-24-19-18-21-26-31-36-41-46-53(2)3/h53-55H,6-52H2,1-5H3/t55-/m1/s1. The molecule has 0 aromatic rings. The first kappa shape index (κ1) is 62.4. The summed E-state index contributed by atoms with van der Waals surface area (Å²) in [6.45, 7) is 11.4. The fraction of sp³-hybridized carbons (Fsp3) is 0.948. The van der Waals surface area contributed by atoms with E-state index in [1.54, 1.807) is 0 Å². The maximum absolute atomic E-state index is 12.8. The molecule has 0 saturated heterocycles. The van der Waals surface area contributed by atoms with Crippen molar-refractivity contribution in [1.29, 1.82) is 0 Å². The Labute approximate surface area is 399 Å². The van der Waals surface area contributed by atoms with Crippen LogP contribution in [0.1, 0.15) is 324 Å². The van der Waals surface area contributed by atoms with Crippen LogP contribution >= 0.6 is 0 Å². The molecule has 0 aromatic carbocycles. The molecule has 64 heavy (non-hydrogen) atoms. The fourth-order valence-electron chi connectivity index (χ4n) is 8.87. The molecule has 0 amide bonds. The molecule has 0 aliphatic carbocycles. The van der Waals surface area contributed by atoms with Crippen molar-refractivity contribution in [3.8, 4) is 0 Å². The van der Waals surface area contributed by atoms with E-state index in [2.05, 4.69) is 34.6 Å². The summed E-state index contributed by atoms with van der Waals surface area (Å²) in [6.07, 6.45) is 53.8. The predicted octanol–water partition coefficient (Wildman–Crippen LogP) is 18.9. The molecule has 0 aliphatic rings. The summed E-state index contributed by atoms with van der Waals surface area (Å²) in [7, 11) is 0. The molecular weight excluding hydrogens is 793 g/mol. The lowest BCUT2D eigenvalue weighted by molar-refractivity contribution is -0.167. The number of hydrogen-bond acceptors (Lipinski definition) is 6. The third-order valence-electron chi connectivity index (χ3n) is 13.2. The van der Waals surface area contributed by atoms with Crippen LogP contribution in [0.25, 0.3) is 0 Å². The van der Waals surface area contributed by atoms with Gasteiger partial charge in [0.05, 0.1) is 0 Å². The van der Waals surface area contributed by atoms with Gasteiger partial charge in [0.2, 0.25) is 0 Å². The molecule has 1 atom stereocenters. The molecule has 0 N–H and O–H groups in total. The van der Waals surface area contributed by atoms with E-state index < -0.39 is 6.10 Å². The number of carbonyl (C=O) groups is 3. The highest BCUT2D eigenvalue weighted by Gasteiger charge is 2.19. The van der Waals surface area contributed by atoms with Gasteiger partial charge < -0.3 is 14.2 Å². The highest BCUT2D eigenvalue weighted by atomic mass is 16.6. The molecule has 0 aliphatic heterocycles. The molecule has 0 saturated carbocycles. The summed E-state index contributed by atoms with van der Waals surface area (Å²) >= 11 is 0. The van der Waals surface area contributed by atoms with Crippen LogP contribution < -0.4 is 0 Å². The molecule has 6 nitrogen and oxygen atoms in total. The van der Waals surface area contributed by atoms with E-state index >= 15 is 0 Å². The third-order valence-corrected chi connectivity index (χ3v) is 13.2. The lowest BCUT2D eigenvalue weighted by atomic mass is 10.0. The largest absolute Gasteiger partial charge is 0.462 e. The fourth-order valence-corrected chi connectivity index (χ4v) is 8.87. The van der Waals surface area contributed by atoms with Crippen molar-refractivity contribution in [2.24, 2.45) is 11.8 Å². The van der Waals surface area contributed by atoms with Gasteiger partial charge in [-0.15, -0.1) is 0 Å². The van der Waals surface area contributed by atoms with Crippen LogP contribution in [0.2, 0.25) is 0 Å². The van der Waals surface area contributed by atoms with Crippen LogP contribution in [-0.2, 0) is 28.6 Å². The number of ether oxygens (including phenoxy) is 3. The first-order valence-electron chi connectivity index (χ1n) is 28.7.